The Morgan fingerprint density at radius 1 is 1.30 bits per heavy atom. The molecule has 3 heterocycles. The van der Waals surface area contributed by atoms with Gasteiger partial charge in [-0.2, -0.15) is 0 Å². The Hall–Kier alpha value is -1.46. The Morgan fingerprint density at radius 2 is 2.07 bits per heavy atom. The van der Waals surface area contributed by atoms with Crippen molar-refractivity contribution in [2.75, 3.05) is 31.5 Å². The maximum Gasteiger partial charge on any atom is 0.135 e. The van der Waals surface area contributed by atoms with E-state index < -0.39 is 5.60 Å². The van der Waals surface area contributed by atoms with Crippen molar-refractivity contribution in [1.29, 1.82) is 0 Å². The first kappa shape index (κ1) is 20.3. The Labute approximate surface area is 163 Å². The average Bonchev–Trinajstić information content (AvgIpc) is 2.68. The van der Waals surface area contributed by atoms with Crippen molar-refractivity contribution in [2.24, 2.45) is 5.92 Å². The molecule has 2 aliphatic rings. The van der Waals surface area contributed by atoms with Gasteiger partial charge in [0.15, 0.2) is 0 Å². The van der Waals surface area contributed by atoms with E-state index in [9.17, 15) is 9.90 Å². The van der Waals surface area contributed by atoms with Crippen molar-refractivity contribution < 1.29 is 9.90 Å². The molecule has 5 heteroatoms. The zero-order chi connectivity index (χ0) is 19.3. The van der Waals surface area contributed by atoms with Gasteiger partial charge in [-0.1, -0.05) is 19.4 Å². The van der Waals surface area contributed by atoms with Crippen LogP contribution in [0.5, 0.6) is 0 Å². The second-order valence-electron chi connectivity index (χ2n) is 8.43. The van der Waals surface area contributed by atoms with Gasteiger partial charge in [0.2, 0.25) is 0 Å². The number of likely N-dealkylation sites (tertiary alicyclic amines) is 1. The lowest BCUT2D eigenvalue weighted by atomic mass is 9.78. The van der Waals surface area contributed by atoms with Gasteiger partial charge < -0.3 is 15.3 Å². The minimum absolute atomic E-state index is 0.0944. The molecule has 2 aliphatic heterocycles. The molecule has 1 fully saturated rings. The van der Waals surface area contributed by atoms with Gasteiger partial charge in [0, 0.05) is 31.2 Å². The molecule has 2 N–H and O–H groups in total. The second-order valence-corrected chi connectivity index (χ2v) is 8.43. The molecule has 27 heavy (non-hydrogen) atoms. The van der Waals surface area contributed by atoms with Crippen molar-refractivity contribution in [3.8, 4) is 0 Å². The van der Waals surface area contributed by atoms with Gasteiger partial charge >= 0.3 is 0 Å². The van der Waals surface area contributed by atoms with Crippen LogP contribution >= 0.6 is 0 Å². The lowest BCUT2D eigenvalue weighted by Crippen LogP contribution is -2.50. The standard InChI is InChI=1S/C22H35N3O2/c1-17(18(2)26)22(27)11-15-25(16-12-22)14-5-3-4-8-20-10-9-19-7-6-13-23-21(19)24-20/h9-10,17,27H,3-8,11-16H2,1-2H3,(H,23,24). The zero-order valence-electron chi connectivity index (χ0n) is 17.0. The summed E-state index contributed by atoms with van der Waals surface area (Å²) in [6, 6.07) is 4.42. The molecule has 5 nitrogen and oxygen atoms in total. The molecule has 0 saturated carbocycles. The molecule has 0 bridgehead atoms. The fraction of sp³-hybridized carbons (Fsp3) is 0.727. The molecule has 1 saturated heterocycles. The predicted octanol–water partition coefficient (Wildman–Crippen LogP) is 3.20. The molecule has 0 aromatic carbocycles. The topological polar surface area (TPSA) is 65.5 Å². The Morgan fingerprint density at radius 3 is 2.81 bits per heavy atom. The number of aromatic nitrogens is 1. The monoisotopic (exact) mass is 373 g/mol. The Bertz CT molecular complexity index is 638. The normalized spacial score (nSPS) is 20.6. The molecule has 0 spiro atoms. The lowest BCUT2D eigenvalue weighted by Gasteiger charge is -2.41. The molecule has 1 unspecified atom stereocenters. The van der Waals surface area contributed by atoms with Gasteiger partial charge in [0.25, 0.3) is 0 Å². The van der Waals surface area contributed by atoms with E-state index in [0.717, 1.165) is 44.8 Å². The molecule has 3 rings (SSSR count). The molecule has 1 atom stereocenters. The second kappa shape index (κ2) is 9.16. The molecular weight excluding hydrogens is 338 g/mol. The SMILES string of the molecule is CC(=O)C(C)C1(O)CCN(CCCCCc2ccc3c(n2)NCCC3)CC1. The first-order valence-corrected chi connectivity index (χ1v) is 10.7. The fourth-order valence-electron chi connectivity index (χ4n) is 4.30. The first-order chi connectivity index (χ1) is 13.0. The smallest absolute Gasteiger partial charge is 0.135 e. The van der Waals surface area contributed by atoms with Crippen LogP contribution in [0, 0.1) is 5.92 Å². The average molecular weight is 374 g/mol. The Balaban J connectivity index is 1.33. The number of ketones is 1. The van der Waals surface area contributed by atoms with Crippen molar-refractivity contribution in [3.05, 3.63) is 23.4 Å². The number of anilines is 1. The van der Waals surface area contributed by atoms with Crippen LogP contribution in [0.3, 0.4) is 0 Å². The number of aryl methyl sites for hydroxylation is 2. The van der Waals surface area contributed by atoms with Gasteiger partial charge in [0.1, 0.15) is 11.6 Å². The third kappa shape index (κ3) is 5.29. The van der Waals surface area contributed by atoms with E-state index in [-0.39, 0.29) is 11.7 Å². The summed E-state index contributed by atoms with van der Waals surface area (Å²) in [5.41, 5.74) is 1.76. The van der Waals surface area contributed by atoms with Gasteiger partial charge in [-0.25, -0.2) is 4.98 Å². The number of aliphatic hydroxyl groups is 1. The van der Waals surface area contributed by atoms with E-state index in [1.54, 1.807) is 6.92 Å². The number of carbonyl (C=O) groups excluding carboxylic acids is 1. The van der Waals surface area contributed by atoms with Crippen LogP contribution in [-0.2, 0) is 17.6 Å². The minimum Gasteiger partial charge on any atom is -0.389 e. The van der Waals surface area contributed by atoms with Crippen LogP contribution in [0.15, 0.2) is 12.1 Å². The van der Waals surface area contributed by atoms with Gasteiger partial charge in [-0.05, 0) is 70.0 Å². The number of fused-ring (bicyclic) bond motifs is 1. The molecule has 150 valence electrons. The van der Waals surface area contributed by atoms with Crippen molar-refractivity contribution in [2.45, 2.75) is 70.8 Å². The number of rotatable bonds is 8. The van der Waals surface area contributed by atoms with Crippen LogP contribution < -0.4 is 5.32 Å². The quantitative estimate of drug-likeness (QED) is 0.685. The third-order valence-corrected chi connectivity index (χ3v) is 6.50. The van der Waals surface area contributed by atoms with Crippen molar-refractivity contribution >= 4 is 11.6 Å². The van der Waals surface area contributed by atoms with E-state index in [1.807, 2.05) is 6.92 Å². The number of Topliss-reactive ketones (excluding diaryl/α,β-unsaturated/α-hetero) is 1. The molecule has 0 radical (unpaired) electrons. The largest absolute Gasteiger partial charge is 0.389 e. The molecular formula is C22H35N3O2. The number of carbonyl (C=O) groups is 1. The summed E-state index contributed by atoms with van der Waals surface area (Å²) in [6.45, 7) is 7.37. The highest BCUT2D eigenvalue weighted by Crippen LogP contribution is 2.30. The van der Waals surface area contributed by atoms with Gasteiger partial charge in [-0.3, -0.25) is 4.79 Å². The molecule has 0 aliphatic carbocycles. The third-order valence-electron chi connectivity index (χ3n) is 6.50. The lowest BCUT2D eigenvalue weighted by molar-refractivity contribution is -0.133. The molecule has 1 aromatic heterocycles. The highest BCUT2D eigenvalue weighted by atomic mass is 16.3. The summed E-state index contributed by atoms with van der Waals surface area (Å²) in [4.78, 5) is 18.8. The molecule has 1 aromatic rings. The summed E-state index contributed by atoms with van der Waals surface area (Å²) in [5.74, 6) is 0.939. The highest BCUT2D eigenvalue weighted by molar-refractivity contribution is 5.79. The van der Waals surface area contributed by atoms with E-state index in [2.05, 4.69) is 22.3 Å². The number of nitrogens with zero attached hydrogens (tertiary/aromatic N) is 2. The Kier molecular flexibility index (Phi) is 6.88. The first-order valence-electron chi connectivity index (χ1n) is 10.7. The number of nitrogens with one attached hydrogen (secondary N) is 1. The predicted molar refractivity (Wildman–Crippen MR) is 109 cm³/mol. The van der Waals surface area contributed by atoms with Gasteiger partial charge in [-0.15, -0.1) is 0 Å². The summed E-state index contributed by atoms with van der Waals surface area (Å²) < 4.78 is 0. The number of hydrogen-bond acceptors (Lipinski definition) is 5. The zero-order valence-corrected chi connectivity index (χ0v) is 17.0. The molecule has 0 amide bonds. The van der Waals surface area contributed by atoms with Gasteiger partial charge in [0.05, 0.1) is 5.60 Å². The minimum atomic E-state index is -0.797. The summed E-state index contributed by atoms with van der Waals surface area (Å²) in [5, 5.41) is 14.1. The number of unbranched alkanes of at least 4 members (excludes halogenated alkanes) is 2. The van der Waals surface area contributed by atoms with Crippen LogP contribution in [0.2, 0.25) is 0 Å². The maximum absolute atomic E-state index is 11.6. The van der Waals surface area contributed by atoms with E-state index in [4.69, 9.17) is 4.98 Å². The van der Waals surface area contributed by atoms with E-state index >= 15 is 0 Å². The van der Waals surface area contributed by atoms with Crippen LogP contribution in [-0.4, -0.2) is 52.6 Å². The van der Waals surface area contributed by atoms with E-state index in [1.165, 1.54) is 36.9 Å². The fourth-order valence-corrected chi connectivity index (χ4v) is 4.30. The number of pyridine rings is 1. The highest BCUT2D eigenvalue weighted by Gasteiger charge is 2.39. The summed E-state index contributed by atoms with van der Waals surface area (Å²) in [7, 11) is 0. The van der Waals surface area contributed by atoms with Crippen molar-refractivity contribution in [1.82, 2.24) is 9.88 Å². The number of hydrogen-bond donors (Lipinski definition) is 2. The van der Waals surface area contributed by atoms with Crippen molar-refractivity contribution in [3.63, 3.8) is 0 Å². The summed E-state index contributed by atoms with van der Waals surface area (Å²) in [6.07, 6.45) is 8.37. The van der Waals surface area contributed by atoms with Crippen LogP contribution in [0.25, 0.3) is 0 Å². The maximum atomic E-state index is 11.6. The summed E-state index contributed by atoms with van der Waals surface area (Å²) >= 11 is 0. The number of piperidine rings is 1. The van der Waals surface area contributed by atoms with Crippen LogP contribution in [0.1, 0.15) is 63.6 Å². The van der Waals surface area contributed by atoms with Crippen LogP contribution in [0.4, 0.5) is 5.82 Å². The van der Waals surface area contributed by atoms with E-state index in [0.29, 0.717) is 12.8 Å².